The first-order valence-electron chi connectivity index (χ1n) is 15.3. The lowest BCUT2D eigenvalue weighted by Gasteiger charge is -2.37. The maximum atomic E-state index is 14.5. The number of carbonyl (C=O) groups is 3. The summed E-state index contributed by atoms with van der Waals surface area (Å²) in [6.45, 7) is 13.9. The largest absolute Gasteiger partial charge is 0.396 e. The van der Waals surface area contributed by atoms with Gasteiger partial charge in [0.25, 0.3) is 0 Å². The predicted molar refractivity (Wildman–Crippen MR) is 159 cm³/mol. The average Bonchev–Trinajstić information content (AvgIpc) is 3.58. The van der Waals surface area contributed by atoms with E-state index in [1.165, 1.54) is 0 Å². The SMILES string of the molecule is C=CCN(CCCC)C(=O)C1N(CCCCO)C(=O)[C@@H]2[C@H](C(=O)N(CC=C)Cc3ccccc3)[C@]3(CC)CCC12O3. The Morgan fingerprint density at radius 3 is 2.39 bits per heavy atom. The van der Waals surface area contributed by atoms with E-state index in [9.17, 15) is 19.5 Å². The summed E-state index contributed by atoms with van der Waals surface area (Å²) in [5.74, 6) is -1.84. The molecule has 3 amide bonds. The fraction of sp³-hybridized carbons (Fsp3) is 0.606. The van der Waals surface area contributed by atoms with Crippen LogP contribution < -0.4 is 0 Å². The molecule has 5 atom stereocenters. The number of nitrogens with zero attached hydrogens (tertiary/aromatic N) is 3. The third-order valence-electron chi connectivity index (χ3n) is 9.31. The van der Waals surface area contributed by atoms with Crippen molar-refractivity contribution in [2.75, 3.05) is 32.8 Å². The quantitative estimate of drug-likeness (QED) is 0.242. The highest BCUT2D eigenvalue weighted by Gasteiger charge is 2.79. The molecule has 41 heavy (non-hydrogen) atoms. The molecule has 1 aromatic carbocycles. The molecule has 2 bridgehead atoms. The smallest absolute Gasteiger partial charge is 0.248 e. The second kappa shape index (κ2) is 13.3. The number of rotatable bonds is 16. The number of carbonyl (C=O) groups excluding carboxylic acids is 3. The molecular formula is C33H47N3O5. The van der Waals surface area contributed by atoms with Crippen molar-refractivity contribution in [1.82, 2.24) is 14.7 Å². The maximum absolute atomic E-state index is 14.5. The zero-order valence-corrected chi connectivity index (χ0v) is 24.8. The van der Waals surface area contributed by atoms with Crippen molar-refractivity contribution in [1.29, 1.82) is 0 Å². The third kappa shape index (κ3) is 5.61. The average molecular weight is 566 g/mol. The Bertz CT molecular complexity index is 1110. The normalized spacial score (nSPS) is 28.0. The number of aliphatic hydroxyl groups excluding tert-OH is 1. The van der Waals surface area contributed by atoms with Crippen LogP contribution in [0.25, 0.3) is 0 Å². The van der Waals surface area contributed by atoms with Gasteiger partial charge >= 0.3 is 0 Å². The van der Waals surface area contributed by atoms with E-state index in [1.807, 2.05) is 37.3 Å². The van der Waals surface area contributed by atoms with Gasteiger partial charge in [-0.25, -0.2) is 0 Å². The molecule has 3 saturated heterocycles. The van der Waals surface area contributed by atoms with E-state index in [2.05, 4.69) is 20.1 Å². The van der Waals surface area contributed by atoms with Crippen LogP contribution in [0.3, 0.4) is 0 Å². The molecule has 1 spiro atoms. The molecule has 3 aliphatic heterocycles. The van der Waals surface area contributed by atoms with E-state index in [0.29, 0.717) is 64.8 Å². The lowest BCUT2D eigenvalue weighted by molar-refractivity contribution is -0.155. The molecule has 224 valence electrons. The second-order valence-electron chi connectivity index (χ2n) is 11.7. The van der Waals surface area contributed by atoms with Gasteiger partial charge in [-0.15, -0.1) is 13.2 Å². The zero-order chi connectivity index (χ0) is 29.6. The third-order valence-corrected chi connectivity index (χ3v) is 9.31. The summed E-state index contributed by atoms with van der Waals surface area (Å²) < 4.78 is 6.95. The van der Waals surface area contributed by atoms with Gasteiger partial charge in [-0.3, -0.25) is 14.4 Å². The van der Waals surface area contributed by atoms with E-state index in [1.54, 1.807) is 26.9 Å². The Kier molecular flexibility index (Phi) is 10.1. The molecule has 8 nitrogen and oxygen atoms in total. The van der Waals surface area contributed by atoms with Crippen molar-refractivity contribution in [3.05, 3.63) is 61.2 Å². The summed E-state index contributed by atoms with van der Waals surface area (Å²) in [6.07, 6.45) is 8.09. The van der Waals surface area contributed by atoms with Crippen molar-refractivity contribution in [2.45, 2.75) is 82.6 Å². The zero-order valence-electron chi connectivity index (χ0n) is 24.8. The summed E-state index contributed by atoms with van der Waals surface area (Å²) in [6, 6.07) is 9.01. The number of aliphatic hydroxyl groups is 1. The standard InChI is InChI=1S/C33H47N3O5/c1-5-9-21-34(19-6-2)31(40)28-33-18-17-32(8-4,41-33)26(27(33)30(39)36(28)22-13-14-23-37)29(38)35(20-7-3)24-25-15-11-10-12-16-25/h6-7,10-12,15-16,26-28,37H,2-3,5,8-9,13-14,17-24H2,1,4H3/t26-,27+,28?,32+,33?/m1/s1. The van der Waals surface area contributed by atoms with Gasteiger partial charge in [0, 0.05) is 39.3 Å². The number of unbranched alkanes of at least 4 members (excludes halogenated alkanes) is 2. The number of ether oxygens (including phenoxy) is 1. The van der Waals surface area contributed by atoms with Crippen LogP contribution in [0, 0.1) is 11.8 Å². The molecule has 1 N–H and O–H groups in total. The number of fused-ring (bicyclic) bond motifs is 1. The summed E-state index contributed by atoms with van der Waals surface area (Å²) in [7, 11) is 0. The number of amides is 3. The molecular weight excluding hydrogens is 518 g/mol. The Hall–Kier alpha value is -2.97. The monoisotopic (exact) mass is 565 g/mol. The Morgan fingerprint density at radius 1 is 1.05 bits per heavy atom. The molecule has 4 rings (SSSR count). The molecule has 3 aliphatic rings. The van der Waals surface area contributed by atoms with Crippen LogP contribution in [-0.2, 0) is 25.7 Å². The van der Waals surface area contributed by atoms with Crippen LogP contribution in [0.1, 0.15) is 64.4 Å². The molecule has 3 heterocycles. The van der Waals surface area contributed by atoms with Crippen molar-refractivity contribution >= 4 is 17.7 Å². The molecule has 1 aromatic rings. The fourth-order valence-electron chi connectivity index (χ4n) is 7.37. The minimum Gasteiger partial charge on any atom is -0.396 e. The van der Waals surface area contributed by atoms with Gasteiger partial charge in [0.2, 0.25) is 17.7 Å². The van der Waals surface area contributed by atoms with Gasteiger partial charge in [0.15, 0.2) is 0 Å². The highest BCUT2D eigenvalue weighted by Crippen LogP contribution is 2.64. The lowest BCUT2D eigenvalue weighted by atomic mass is 9.64. The number of hydrogen-bond acceptors (Lipinski definition) is 5. The summed E-state index contributed by atoms with van der Waals surface area (Å²) in [4.78, 5) is 48.5. The summed E-state index contributed by atoms with van der Waals surface area (Å²) >= 11 is 0. The predicted octanol–water partition coefficient (Wildman–Crippen LogP) is 3.94. The van der Waals surface area contributed by atoms with Crippen LogP contribution in [0.4, 0.5) is 0 Å². The second-order valence-corrected chi connectivity index (χ2v) is 11.7. The van der Waals surface area contributed by atoms with Gasteiger partial charge in [-0.2, -0.15) is 0 Å². The minimum absolute atomic E-state index is 0.0147. The van der Waals surface area contributed by atoms with Gasteiger partial charge in [0.1, 0.15) is 11.6 Å². The van der Waals surface area contributed by atoms with E-state index >= 15 is 0 Å². The molecule has 3 fully saturated rings. The van der Waals surface area contributed by atoms with Gasteiger partial charge < -0.3 is 24.5 Å². The van der Waals surface area contributed by atoms with Crippen molar-refractivity contribution in [3.63, 3.8) is 0 Å². The number of hydrogen-bond donors (Lipinski definition) is 1. The highest BCUT2D eigenvalue weighted by molar-refractivity contribution is 5.99. The Balaban J connectivity index is 1.75. The fourth-order valence-corrected chi connectivity index (χ4v) is 7.37. The molecule has 0 aliphatic carbocycles. The minimum atomic E-state index is -1.05. The van der Waals surface area contributed by atoms with E-state index in [4.69, 9.17) is 4.74 Å². The molecule has 2 unspecified atom stereocenters. The van der Waals surface area contributed by atoms with E-state index < -0.39 is 29.1 Å². The topological polar surface area (TPSA) is 90.4 Å². The summed E-state index contributed by atoms with van der Waals surface area (Å²) in [5.41, 5.74) is -0.850. The van der Waals surface area contributed by atoms with Crippen LogP contribution in [-0.4, -0.2) is 87.6 Å². The number of likely N-dealkylation sites (tertiary alicyclic amines) is 1. The van der Waals surface area contributed by atoms with E-state index in [-0.39, 0.29) is 24.3 Å². The van der Waals surface area contributed by atoms with Crippen LogP contribution in [0.2, 0.25) is 0 Å². The molecule has 0 radical (unpaired) electrons. The van der Waals surface area contributed by atoms with Gasteiger partial charge in [0.05, 0.1) is 17.4 Å². The Morgan fingerprint density at radius 2 is 1.76 bits per heavy atom. The summed E-state index contributed by atoms with van der Waals surface area (Å²) in [5, 5.41) is 9.44. The molecule has 8 heteroatoms. The lowest BCUT2D eigenvalue weighted by Crippen LogP contribution is -2.56. The molecule has 0 saturated carbocycles. The van der Waals surface area contributed by atoms with Crippen LogP contribution in [0.15, 0.2) is 55.6 Å². The first kappa shape index (κ1) is 31.0. The van der Waals surface area contributed by atoms with Crippen molar-refractivity contribution in [2.24, 2.45) is 11.8 Å². The molecule has 0 aromatic heterocycles. The van der Waals surface area contributed by atoms with Crippen LogP contribution >= 0.6 is 0 Å². The highest BCUT2D eigenvalue weighted by atomic mass is 16.5. The van der Waals surface area contributed by atoms with Crippen LogP contribution in [0.5, 0.6) is 0 Å². The maximum Gasteiger partial charge on any atom is 0.248 e. The Labute approximate surface area is 245 Å². The van der Waals surface area contributed by atoms with Gasteiger partial charge in [-0.1, -0.05) is 62.8 Å². The van der Waals surface area contributed by atoms with Gasteiger partial charge in [-0.05, 0) is 44.1 Å². The number of benzene rings is 1. The first-order valence-corrected chi connectivity index (χ1v) is 15.3. The first-order chi connectivity index (χ1) is 19.8. The van der Waals surface area contributed by atoms with Crippen molar-refractivity contribution < 1.29 is 24.2 Å². The van der Waals surface area contributed by atoms with Crippen molar-refractivity contribution in [3.8, 4) is 0 Å². The van der Waals surface area contributed by atoms with E-state index in [0.717, 1.165) is 18.4 Å².